The Morgan fingerprint density at radius 1 is 0.354 bits per heavy atom. The molecule has 0 N–H and O–H groups in total. The van der Waals surface area contributed by atoms with Crippen molar-refractivity contribution in [2.75, 3.05) is 0 Å². The van der Waals surface area contributed by atoms with Crippen molar-refractivity contribution in [1.82, 2.24) is 9.97 Å². The third-order valence-electron chi connectivity index (χ3n) is 9.63. The lowest BCUT2D eigenvalue weighted by Crippen LogP contribution is -1.96. The summed E-state index contributed by atoms with van der Waals surface area (Å²) in [6.07, 6.45) is 0. The van der Waals surface area contributed by atoms with Crippen molar-refractivity contribution in [3.63, 3.8) is 0 Å². The van der Waals surface area contributed by atoms with Crippen LogP contribution >= 0.6 is 0 Å². The van der Waals surface area contributed by atoms with E-state index < -0.39 is 0 Å². The minimum atomic E-state index is 0.790. The zero-order valence-electron chi connectivity index (χ0n) is 26.9. The highest BCUT2D eigenvalue weighted by atomic mass is 14.9. The molecule has 0 atom stereocenters. The zero-order chi connectivity index (χ0) is 32.2. The summed E-state index contributed by atoms with van der Waals surface area (Å²) in [4.78, 5) is 9.42. The summed E-state index contributed by atoms with van der Waals surface area (Å²) in [6, 6.07) is 57.4. The number of rotatable bonds is 5. The number of hydrogen-bond acceptors (Lipinski definition) is 2. The molecule has 0 fully saturated rings. The molecule has 0 spiro atoms. The lowest BCUT2D eigenvalue weighted by molar-refractivity contribution is 1.02. The van der Waals surface area contributed by atoms with Crippen molar-refractivity contribution in [2.24, 2.45) is 0 Å². The summed E-state index contributed by atoms with van der Waals surface area (Å²) in [5.74, 6) is 0.790. The largest absolute Gasteiger partial charge is 0.239 e. The van der Waals surface area contributed by atoms with E-state index in [0.29, 0.717) is 0 Å². The van der Waals surface area contributed by atoms with Crippen LogP contribution in [0.25, 0.3) is 88.1 Å². The first-order chi connectivity index (χ1) is 23.6. The molecule has 2 heteroatoms. The summed E-state index contributed by atoms with van der Waals surface area (Å²) in [5.41, 5.74) is 12.8. The van der Waals surface area contributed by atoms with E-state index in [-0.39, 0.29) is 0 Å². The predicted octanol–water partition coefficient (Wildman–Crippen LogP) is 12.3. The quantitative estimate of drug-likeness (QED) is 0.181. The molecular weight excluding hydrogens is 581 g/mol. The van der Waals surface area contributed by atoms with Gasteiger partial charge in [0.1, 0.15) is 5.82 Å². The predicted molar refractivity (Wildman–Crippen MR) is 202 cm³/mol. The van der Waals surface area contributed by atoms with Crippen LogP contribution < -0.4 is 0 Å². The van der Waals surface area contributed by atoms with Crippen LogP contribution in [0, 0.1) is 13.8 Å². The molecule has 0 radical (unpaired) electrons. The number of benzene rings is 8. The van der Waals surface area contributed by atoms with Crippen LogP contribution in [-0.2, 0) is 0 Å². The van der Waals surface area contributed by atoms with Gasteiger partial charge < -0.3 is 0 Å². The third-order valence-corrected chi connectivity index (χ3v) is 9.63. The SMILES string of the molecule is Cc1cc(-c2ccc3ccc4c(-c5ccc(-c6ccccc6)cc5)cc(-c5ccc(-c6ccccc6)cc5)c5ccc2c3c45)nc(C)n1. The number of nitrogens with zero attached hydrogens (tertiary/aromatic N) is 2. The maximum absolute atomic E-state index is 4.87. The van der Waals surface area contributed by atoms with Crippen LogP contribution in [0.15, 0.2) is 158 Å². The van der Waals surface area contributed by atoms with Gasteiger partial charge in [-0.3, -0.25) is 0 Å². The molecule has 9 aromatic rings. The van der Waals surface area contributed by atoms with Crippen LogP contribution in [-0.4, -0.2) is 9.97 Å². The summed E-state index contributed by atoms with van der Waals surface area (Å²) >= 11 is 0. The molecule has 1 heterocycles. The van der Waals surface area contributed by atoms with Gasteiger partial charge in [-0.15, -0.1) is 0 Å². The second-order valence-electron chi connectivity index (χ2n) is 12.7. The molecule has 0 bridgehead atoms. The monoisotopic (exact) mass is 612 g/mol. The van der Waals surface area contributed by atoms with Crippen molar-refractivity contribution in [2.45, 2.75) is 13.8 Å². The Morgan fingerprint density at radius 2 is 0.812 bits per heavy atom. The van der Waals surface area contributed by atoms with Crippen LogP contribution in [0.3, 0.4) is 0 Å². The molecule has 9 rings (SSSR count). The van der Waals surface area contributed by atoms with E-state index in [4.69, 9.17) is 4.98 Å². The third kappa shape index (κ3) is 4.73. The first kappa shape index (κ1) is 28.1. The molecule has 0 amide bonds. The fourth-order valence-corrected chi connectivity index (χ4v) is 7.40. The Kier molecular flexibility index (Phi) is 6.62. The van der Waals surface area contributed by atoms with Gasteiger partial charge in [0.2, 0.25) is 0 Å². The Hall–Kier alpha value is -6.12. The standard InChI is InChI=1S/C46H32N2/c1-29-27-44(48-30(2)47-29)38-23-21-37-22-24-40-42(35-17-13-33(14-18-35)31-9-5-3-6-10-31)28-43(41-26-25-39(38)45(37)46(40)41)36-19-15-34(16-20-36)32-11-7-4-8-12-32/h3-28H,1-2H3. The Bertz CT molecular complexity index is 2460. The van der Waals surface area contributed by atoms with Gasteiger partial charge in [-0.2, -0.15) is 0 Å². The number of aryl methyl sites for hydroxylation is 2. The van der Waals surface area contributed by atoms with E-state index in [9.17, 15) is 0 Å². The topological polar surface area (TPSA) is 25.8 Å². The van der Waals surface area contributed by atoms with E-state index in [1.54, 1.807) is 0 Å². The van der Waals surface area contributed by atoms with Crippen LogP contribution in [0.5, 0.6) is 0 Å². The average molecular weight is 613 g/mol. The zero-order valence-corrected chi connectivity index (χ0v) is 26.9. The Morgan fingerprint density at radius 3 is 1.35 bits per heavy atom. The van der Waals surface area contributed by atoms with Crippen molar-refractivity contribution in [3.8, 4) is 55.8 Å². The van der Waals surface area contributed by atoms with Gasteiger partial charge in [0.05, 0.1) is 5.69 Å². The molecule has 1 aromatic heterocycles. The van der Waals surface area contributed by atoms with Gasteiger partial charge in [0.25, 0.3) is 0 Å². The lowest BCUT2D eigenvalue weighted by Gasteiger charge is -2.20. The van der Waals surface area contributed by atoms with Gasteiger partial charge in [0.15, 0.2) is 0 Å². The first-order valence-corrected chi connectivity index (χ1v) is 16.5. The van der Waals surface area contributed by atoms with E-state index >= 15 is 0 Å². The van der Waals surface area contributed by atoms with Gasteiger partial charge in [0, 0.05) is 11.3 Å². The molecule has 0 saturated carbocycles. The highest BCUT2D eigenvalue weighted by molar-refractivity contribution is 6.29. The Balaban J connectivity index is 1.31. The normalized spacial score (nSPS) is 11.5. The van der Waals surface area contributed by atoms with Gasteiger partial charge in [-0.1, -0.05) is 146 Å². The van der Waals surface area contributed by atoms with Crippen molar-refractivity contribution in [3.05, 3.63) is 169 Å². The van der Waals surface area contributed by atoms with Crippen LogP contribution in [0.1, 0.15) is 11.5 Å². The molecule has 0 aliphatic rings. The summed E-state index contributed by atoms with van der Waals surface area (Å²) < 4.78 is 0. The van der Waals surface area contributed by atoms with E-state index in [2.05, 4.69) is 163 Å². The fraction of sp³-hybridized carbons (Fsp3) is 0.0435. The molecule has 8 aromatic carbocycles. The average Bonchev–Trinajstić information content (AvgIpc) is 3.14. The minimum Gasteiger partial charge on any atom is -0.239 e. The van der Waals surface area contributed by atoms with Crippen LogP contribution in [0.2, 0.25) is 0 Å². The molecule has 2 nitrogen and oxygen atoms in total. The highest BCUT2D eigenvalue weighted by Crippen LogP contribution is 2.46. The summed E-state index contributed by atoms with van der Waals surface area (Å²) in [5, 5.41) is 7.53. The van der Waals surface area contributed by atoms with E-state index in [0.717, 1.165) is 22.8 Å². The number of hydrogen-bond donors (Lipinski definition) is 0. The summed E-state index contributed by atoms with van der Waals surface area (Å²) in [6.45, 7) is 4.01. The molecule has 0 unspecified atom stereocenters. The maximum atomic E-state index is 4.87. The van der Waals surface area contributed by atoms with E-state index in [1.165, 1.54) is 76.8 Å². The minimum absolute atomic E-state index is 0.790. The molecule has 48 heavy (non-hydrogen) atoms. The highest BCUT2D eigenvalue weighted by Gasteiger charge is 2.19. The number of aromatic nitrogens is 2. The van der Waals surface area contributed by atoms with Crippen LogP contribution in [0.4, 0.5) is 0 Å². The fourth-order valence-electron chi connectivity index (χ4n) is 7.40. The molecule has 226 valence electrons. The van der Waals surface area contributed by atoms with E-state index in [1.807, 2.05) is 13.8 Å². The van der Waals surface area contributed by atoms with Gasteiger partial charge in [-0.25, -0.2) is 9.97 Å². The molecule has 0 saturated heterocycles. The van der Waals surface area contributed by atoms with Crippen molar-refractivity contribution < 1.29 is 0 Å². The molecular formula is C46H32N2. The van der Waals surface area contributed by atoms with Gasteiger partial charge >= 0.3 is 0 Å². The smallest absolute Gasteiger partial charge is 0.126 e. The first-order valence-electron chi connectivity index (χ1n) is 16.5. The van der Waals surface area contributed by atoms with Crippen molar-refractivity contribution in [1.29, 1.82) is 0 Å². The second kappa shape index (κ2) is 11.3. The Labute approximate surface area is 280 Å². The summed E-state index contributed by atoms with van der Waals surface area (Å²) in [7, 11) is 0. The lowest BCUT2D eigenvalue weighted by atomic mass is 9.84. The molecule has 0 aliphatic heterocycles. The van der Waals surface area contributed by atoms with Crippen molar-refractivity contribution >= 4 is 32.3 Å². The molecule has 0 aliphatic carbocycles. The maximum Gasteiger partial charge on any atom is 0.126 e. The van der Waals surface area contributed by atoms with Gasteiger partial charge in [-0.05, 0) is 103 Å². The second-order valence-corrected chi connectivity index (χ2v) is 12.7.